The molecule has 3 fully saturated rings. The second-order valence-corrected chi connectivity index (χ2v) is 6.78. The first-order valence-electron chi connectivity index (χ1n) is 8.39. The molecule has 4 heteroatoms. The van der Waals surface area contributed by atoms with E-state index >= 15 is 0 Å². The molecule has 20 heavy (non-hydrogen) atoms. The largest absolute Gasteiger partial charge is 0.333 e. The van der Waals surface area contributed by atoms with Gasteiger partial charge in [0.1, 0.15) is 0 Å². The summed E-state index contributed by atoms with van der Waals surface area (Å²) < 4.78 is 2.32. The molecule has 0 spiro atoms. The fourth-order valence-corrected chi connectivity index (χ4v) is 4.67. The van der Waals surface area contributed by atoms with Gasteiger partial charge in [-0.3, -0.25) is 4.90 Å². The Morgan fingerprint density at radius 2 is 1.80 bits per heavy atom. The van der Waals surface area contributed by atoms with Gasteiger partial charge in [0.25, 0.3) is 0 Å². The highest BCUT2D eigenvalue weighted by Gasteiger charge is 2.38. The van der Waals surface area contributed by atoms with E-state index in [4.69, 9.17) is 0 Å². The van der Waals surface area contributed by atoms with E-state index in [9.17, 15) is 0 Å². The van der Waals surface area contributed by atoms with Crippen molar-refractivity contribution in [3.63, 3.8) is 0 Å². The molecule has 0 radical (unpaired) electrons. The molecule has 0 aromatic carbocycles. The van der Waals surface area contributed by atoms with Crippen molar-refractivity contribution in [1.29, 1.82) is 0 Å². The fourth-order valence-electron chi connectivity index (χ4n) is 4.67. The zero-order valence-corrected chi connectivity index (χ0v) is 12.2. The highest BCUT2D eigenvalue weighted by molar-refractivity contribution is 4.99. The van der Waals surface area contributed by atoms with Crippen molar-refractivity contribution in [3.8, 4) is 0 Å². The molecule has 0 bridgehead atoms. The summed E-state index contributed by atoms with van der Waals surface area (Å²) in [5.41, 5.74) is 0. The highest BCUT2D eigenvalue weighted by Crippen LogP contribution is 2.33. The van der Waals surface area contributed by atoms with Gasteiger partial charge in [-0.25, -0.2) is 4.98 Å². The van der Waals surface area contributed by atoms with Gasteiger partial charge in [0.05, 0.1) is 6.33 Å². The Labute approximate surface area is 121 Å². The third kappa shape index (κ3) is 2.29. The molecule has 2 aliphatic heterocycles. The molecule has 1 N–H and O–H groups in total. The maximum atomic E-state index is 4.23. The number of nitrogens with one attached hydrogen (secondary N) is 1. The van der Waals surface area contributed by atoms with Gasteiger partial charge in [0.2, 0.25) is 0 Å². The van der Waals surface area contributed by atoms with E-state index in [1.165, 1.54) is 58.0 Å². The molecule has 3 heterocycles. The third-order valence-corrected chi connectivity index (χ3v) is 5.67. The van der Waals surface area contributed by atoms with E-state index in [-0.39, 0.29) is 0 Å². The van der Waals surface area contributed by atoms with Gasteiger partial charge in [-0.15, -0.1) is 0 Å². The van der Waals surface area contributed by atoms with E-state index in [2.05, 4.69) is 26.0 Å². The summed E-state index contributed by atoms with van der Waals surface area (Å²) in [5.74, 6) is 0. The first kappa shape index (κ1) is 12.8. The summed E-state index contributed by atoms with van der Waals surface area (Å²) >= 11 is 0. The van der Waals surface area contributed by atoms with Crippen molar-refractivity contribution in [2.24, 2.45) is 0 Å². The van der Waals surface area contributed by atoms with Gasteiger partial charge in [-0.1, -0.05) is 6.42 Å². The number of rotatable bonds is 3. The minimum Gasteiger partial charge on any atom is -0.333 e. The lowest BCUT2D eigenvalue weighted by Crippen LogP contribution is -2.49. The average molecular weight is 274 g/mol. The van der Waals surface area contributed by atoms with Crippen LogP contribution < -0.4 is 5.32 Å². The number of nitrogens with zero attached hydrogens (tertiary/aromatic N) is 3. The smallest absolute Gasteiger partial charge is 0.0949 e. The monoisotopic (exact) mass is 274 g/mol. The number of piperidine rings is 1. The predicted octanol–water partition coefficient (Wildman–Crippen LogP) is 2.19. The maximum absolute atomic E-state index is 4.23. The number of imidazole rings is 1. The third-order valence-electron chi connectivity index (χ3n) is 5.67. The van der Waals surface area contributed by atoms with Gasteiger partial charge < -0.3 is 9.88 Å². The normalized spacial score (nSPS) is 38.2. The molecular formula is C16H26N4. The average Bonchev–Trinajstić information content (AvgIpc) is 3.19. The van der Waals surface area contributed by atoms with Crippen molar-refractivity contribution in [2.45, 2.75) is 69.1 Å². The Hall–Kier alpha value is -0.870. The molecule has 4 atom stereocenters. The van der Waals surface area contributed by atoms with Crippen LogP contribution in [0.2, 0.25) is 0 Å². The predicted molar refractivity (Wildman–Crippen MR) is 79.7 cm³/mol. The maximum Gasteiger partial charge on any atom is 0.0949 e. The molecule has 4 nitrogen and oxygen atoms in total. The van der Waals surface area contributed by atoms with Gasteiger partial charge in [0.15, 0.2) is 0 Å². The Bertz CT molecular complexity index is 430. The number of fused-ring (bicyclic) bond motifs is 1. The van der Waals surface area contributed by atoms with Crippen molar-refractivity contribution < 1.29 is 0 Å². The van der Waals surface area contributed by atoms with E-state index in [1.54, 1.807) is 0 Å². The van der Waals surface area contributed by atoms with Crippen LogP contribution in [-0.4, -0.2) is 45.7 Å². The van der Waals surface area contributed by atoms with Crippen molar-refractivity contribution in [3.05, 3.63) is 18.7 Å². The summed E-state index contributed by atoms with van der Waals surface area (Å²) in [7, 11) is 0. The first-order chi connectivity index (χ1) is 9.92. The standard InChI is InChI=1S/C16H26N4/c1-2-9-19-10-7-14(15(19)5-1)18-13-4-3-6-16(13)20-11-8-17-12-20/h8,11-16,18H,1-7,9-10H2. The summed E-state index contributed by atoms with van der Waals surface area (Å²) in [6.07, 6.45) is 15.6. The van der Waals surface area contributed by atoms with Crippen LogP contribution in [-0.2, 0) is 0 Å². The van der Waals surface area contributed by atoms with Crippen molar-refractivity contribution >= 4 is 0 Å². The Balaban J connectivity index is 1.43. The van der Waals surface area contributed by atoms with Crippen molar-refractivity contribution in [2.75, 3.05) is 13.1 Å². The van der Waals surface area contributed by atoms with Gasteiger partial charge in [-0.05, 0) is 45.1 Å². The highest BCUT2D eigenvalue weighted by atomic mass is 15.2. The molecule has 2 saturated heterocycles. The van der Waals surface area contributed by atoms with E-state index in [0.29, 0.717) is 12.1 Å². The Morgan fingerprint density at radius 3 is 2.70 bits per heavy atom. The first-order valence-corrected chi connectivity index (χ1v) is 8.39. The second kappa shape index (κ2) is 5.49. The molecule has 4 rings (SSSR count). The number of hydrogen-bond donors (Lipinski definition) is 1. The lowest BCUT2D eigenvalue weighted by molar-refractivity contribution is 0.173. The zero-order chi connectivity index (χ0) is 13.4. The Kier molecular flexibility index (Phi) is 3.52. The topological polar surface area (TPSA) is 33.1 Å². The minimum atomic E-state index is 0.621. The molecule has 110 valence electrons. The van der Waals surface area contributed by atoms with E-state index < -0.39 is 0 Å². The zero-order valence-electron chi connectivity index (χ0n) is 12.2. The quantitative estimate of drug-likeness (QED) is 0.917. The van der Waals surface area contributed by atoms with E-state index in [1.807, 2.05) is 12.5 Å². The molecule has 1 aromatic rings. The van der Waals surface area contributed by atoms with Crippen LogP contribution in [0.25, 0.3) is 0 Å². The minimum absolute atomic E-state index is 0.621. The van der Waals surface area contributed by atoms with Crippen LogP contribution in [0.3, 0.4) is 0 Å². The molecule has 4 unspecified atom stereocenters. The molecule has 3 aliphatic rings. The molecule has 1 aliphatic carbocycles. The summed E-state index contributed by atoms with van der Waals surface area (Å²) in [4.78, 5) is 6.95. The summed E-state index contributed by atoms with van der Waals surface area (Å²) in [5, 5.41) is 4.03. The fraction of sp³-hybridized carbons (Fsp3) is 0.812. The Morgan fingerprint density at radius 1 is 0.900 bits per heavy atom. The van der Waals surface area contributed by atoms with Crippen LogP contribution in [0, 0.1) is 0 Å². The van der Waals surface area contributed by atoms with Crippen LogP contribution in [0.15, 0.2) is 18.7 Å². The van der Waals surface area contributed by atoms with Gasteiger partial charge in [0, 0.05) is 43.1 Å². The SMILES string of the molecule is c1cn(C2CCCC2NC2CCN3CCCCC23)cn1. The van der Waals surface area contributed by atoms with Crippen LogP contribution in [0.4, 0.5) is 0 Å². The van der Waals surface area contributed by atoms with Crippen LogP contribution >= 0.6 is 0 Å². The molecular weight excluding hydrogens is 248 g/mol. The summed E-state index contributed by atoms with van der Waals surface area (Å²) in [6.45, 7) is 2.64. The van der Waals surface area contributed by atoms with Gasteiger partial charge in [-0.2, -0.15) is 0 Å². The van der Waals surface area contributed by atoms with Crippen molar-refractivity contribution in [1.82, 2.24) is 19.8 Å². The second-order valence-electron chi connectivity index (χ2n) is 6.78. The summed E-state index contributed by atoms with van der Waals surface area (Å²) in [6, 6.07) is 2.81. The van der Waals surface area contributed by atoms with Gasteiger partial charge >= 0.3 is 0 Å². The van der Waals surface area contributed by atoms with Crippen LogP contribution in [0.5, 0.6) is 0 Å². The van der Waals surface area contributed by atoms with Crippen LogP contribution in [0.1, 0.15) is 51.0 Å². The lowest BCUT2D eigenvalue weighted by atomic mass is 9.98. The molecule has 0 amide bonds. The number of hydrogen-bond acceptors (Lipinski definition) is 3. The lowest BCUT2D eigenvalue weighted by Gasteiger charge is -2.35. The van der Waals surface area contributed by atoms with E-state index in [0.717, 1.165) is 12.1 Å². The molecule has 1 saturated carbocycles. The molecule has 1 aromatic heterocycles. The number of aromatic nitrogens is 2.